The average molecular weight is 295 g/mol. The van der Waals surface area contributed by atoms with Crippen molar-refractivity contribution in [3.8, 4) is 17.3 Å². The summed E-state index contributed by atoms with van der Waals surface area (Å²) in [6.07, 6.45) is 4.66. The van der Waals surface area contributed by atoms with Crippen molar-refractivity contribution < 1.29 is 14.6 Å². The van der Waals surface area contributed by atoms with Crippen LogP contribution in [0.4, 0.5) is 0 Å². The number of ketones is 1. The highest BCUT2D eigenvalue weighted by atomic mass is 16.5. The number of phenols is 1. The van der Waals surface area contributed by atoms with E-state index < -0.39 is 0 Å². The van der Waals surface area contributed by atoms with Crippen LogP contribution in [-0.2, 0) is 0 Å². The van der Waals surface area contributed by atoms with E-state index in [1.807, 2.05) is 6.07 Å². The monoisotopic (exact) mass is 295 g/mol. The molecule has 0 aliphatic rings. The summed E-state index contributed by atoms with van der Waals surface area (Å²) in [5.41, 5.74) is 0.522. The minimum atomic E-state index is -0.335. The Morgan fingerprint density at radius 2 is 2.14 bits per heavy atom. The van der Waals surface area contributed by atoms with Crippen LogP contribution < -0.4 is 4.74 Å². The number of benzene rings is 1. The molecule has 0 fully saturated rings. The van der Waals surface area contributed by atoms with Gasteiger partial charge in [-0.1, -0.05) is 6.07 Å². The van der Waals surface area contributed by atoms with Crippen LogP contribution >= 0.6 is 0 Å². The van der Waals surface area contributed by atoms with E-state index in [1.54, 1.807) is 30.6 Å². The third-order valence-electron chi connectivity index (χ3n) is 3.18. The van der Waals surface area contributed by atoms with E-state index in [-0.39, 0.29) is 17.1 Å². The summed E-state index contributed by atoms with van der Waals surface area (Å²) in [4.78, 5) is 16.6. The van der Waals surface area contributed by atoms with Gasteiger partial charge in [0.05, 0.1) is 24.4 Å². The number of rotatable bonds is 4. The number of hydrogen-bond acceptors (Lipinski definition) is 5. The topological polar surface area (TPSA) is 77.2 Å². The number of aromatic nitrogens is 3. The quantitative estimate of drug-likeness (QED) is 0.747. The fourth-order valence-electron chi connectivity index (χ4n) is 2.03. The van der Waals surface area contributed by atoms with Gasteiger partial charge in [-0.05, 0) is 30.3 Å². The average Bonchev–Trinajstić information content (AvgIpc) is 3.05. The van der Waals surface area contributed by atoms with Crippen LogP contribution in [0.1, 0.15) is 15.9 Å². The molecule has 3 rings (SSSR count). The number of pyridine rings is 1. The van der Waals surface area contributed by atoms with Crippen molar-refractivity contribution in [2.24, 2.45) is 0 Å². The molecule has 0 saturated heterocycles. The Balaban J connectivity index is 1.95. The lowest BCUT2D eigenvalue weighted by atomic mass is 10.1. The first-order valence-corrected chi connectivity index (χ1v) is 6.57. The van der Waals surface area contributed by atoms with Crippen LogP contribution in [0.3, 0.4) is 0 Å². The van der Waals surface area contributed by atoms with E-state index in [0.717, 1.165) is 0 Å². The Morgan fingerprint density at radius 3 is 2.86 bits per heavy atom. The molecule has 1 aromatic carbocycles. The number of hydrogen-bond donors (Lipinski definition) is 1. The molecule has 110 valence electrons. The highest BCUT2D eigenvalue weighted by Gasteiger charge is 2.17. The molecule has 0 aliphatic heterocycles. The number of methoxy groups -OCH3 is 1. The molecule has 0 bridgehead atoms. The Kier molecular flexibility index (Phi) is 3.57. The van der Waals surface area contributed by atoms with Crippen molar-refractivity contribution in [3.05, 3.63) is 66.1 Å². The lowest BCUT2D eigenvalue weighted by Gasteiger charge is -2.05. The number of phenolic OH excluding ortho intramolecular Hbond substituents is 1. The second-order valence-corrected chi connectivity index (χ2v) is 4.57. The van der Waals surface area contributed by atoms with Gasteiger partial charge < -0.3 is 9.84 Å². The molecule has 1 N–H and O–H groups in total. The molecular formula is C16H13N3O3. The second-order valence-electron chi connectivity index (χ2n) is 4.57. The summed E-state index contributed by atoms with van der Waals surface area (Å²) in [5, 5.41) is 14.0. The molecule has 0 unspecified atom stereocenters. The molecule has 3 aromatic rings. The standard InChI is InChI=1S/C16H13N3O3/c1-22-12-5-6-14(20)13(8-12)16(21)11-9-18-19(10-11)15-4-2-3-7-17-15/h2-10,20H,1H3. The number of aromatic hydroxyl groups is 1. The number of carbonyl (C=O) groups is 1. The third kappa shape index (κ3) is 2.54. The lowest BCUT2D eigenvalue weighted by Crippen LogP contribution is -2.01. The first-order chi connectivity index (χ1) is 10.7. The maximum absolute atomic E-state index is 12.5. The molecule has 0 amide bonds. The normalized spacial score (nSPS) is 10.4. The summed E-state index contributed by atoms with van der Waals surface area (Å²) in [5.74, 6) is 0.671. The molecule has 0 atom stereocenters. The van der Waals surface area contributed by atoms with Crippen molar-refractivity contribution in [1.29, 1.82) is 0 Å². The van der Waals surface area contributed by atoms with Gasteiger partial charge in [-0.15, -0.1) is 0 Å². The number of carbonyl (C=O) groups excluding carboxylic acids is 1. The Bertz CT molecular complexity index is 813. The maximum atomic E-state index is 12.5. The molecule has 22 heavy (non-hydrogen) atoms. The van der Waals surface area contributed by atoms with E-state index >= 15 is 0 Å². The van der Waals surface area contributed by atoms with Crippen LogP contribution in [-0.4, -0.2) is 32.8 Å². The highest BCUT2D eigenvalue weighted by Crippen LogP contribution is 2.25. The fraction of sp³-hybridized carbons (Fsp3) is 0.0625. The fourth-order valence-corrected chi connectivity index (χ4v) is 2.03. The molecule has 2 heterocycles. The van der Waals surface area contributed by atoms with Gasteiger partial charge in [0.1, 0.15) is 11.5 Å². The summed E-state index contributed by atoms with van der Waals surface area (Å²) in [6.45, 7) is 0. The number of nitrogens with zero attached hydrogens (tertiary/aromatic N) is 3. The van der Waals surface area contributed by atoms with Crippen molar-refractivity contribution in [3.63, 3.8) is 0 Å². The van der Waals surface area contributed by atoms with Crippen molar-refractivity contribution in [2.45, 2.75) is 0 Å². The third-order valence-corrected chi connectivity index (χ3v) is 3.18. The largest absolute Gasteiger partial charge is 0.507 e. The van der Waals surface area contributed by atoms with Gasteiger partial charge in [0.25, 0.3) is 0 Å². The molecular weight excluding hydrogens is 282 g/mol. The first kappa shape index (κ1) is 13.8. The van der Waals surface area contributed by atoms with Gasteiger partial charge in [0.2, 0.25) is 0 Å². The minimum Gasteiger partial charge on any atom is -0.507 e. The first-order valence-electron chi connectivity index (χ1n) is 6.57. The van der Waals surface area contributed by atoms with E-state index in [9.17, 15) is 9.90 Å². The highest BCUT2D eigenvalue weighted by molar-refractivity contribution is 6.10. The minimum absolute atomic E-state index is 0.101. The molecule has 2 aromatic heterocycles. The summed E-state index contributed by atoms with van der Waals surface area (Å²) >= 11 is 0. The Labute approximate surface area is 126 Å². The zero-order valence-electron chi connectivity index (χ0n) is 11.8. The Hall–Kier alpha value is -3.15. The molecule has 0 aliphatic carbocycles. The predicted molar refractivity (Wildman–Crippen MR) is 79.5 cm³/mol. The lowest BCUT2D eigenvalue weighted by molar-refractivity contribution is 0.103. The van der Waals surface area contributed by atoms with E-state index in [1.165, 1.54) is 30.1 Å². The zero-order valence-corrected chi connectivity index (χ0v) is 11.8. The van der Waals surface area contributed by atoms with Gasteiger partial charge in [-0.2, -0.15) is 5.10 Å². The predicted octanol–water partition coefficient (Wildman–Crippen LogP) is 2.21. The Morgan fingerprint density at radius 1 is 1.27 bits per heavy atom. The van der Waals surface area contributed by atoms with E-state index in [2.05, 4.69) is 10.1 Å². The smallest absolute Gasteiger partial charge is 0.200 e. The van der Waals surface area contributed by atoms with E-state index in [4.69, 9.17) is 4.74 Å². The van der Waals surface area contributed by atoms with Gasteiger partial charge in [-0.3, -0.25) is 4.79 Å². The molecule has 6 nitrogen and oxygen atoms in total. The zero-order chi connectivity index (χ0) is 15.5. The molecule has 0 saturated carbocycles. The second kappa shape index (κ2) is 5.69. The van der Waals surface area contributed by atoms with E-state index in [0.29, 0.717) is 17.1 Å². The molecule has 0 radical (unpaired) electrons. The van der Waals surface area contributed by atoms with Crippen LogP contribution in [0, 0.1) is 0 Å². The van der Waals surface area contributed by atoms with Crippen LogP contribution in [0.15, 0.2) is 55.0 Å². The van der Waals surface area contributed by atoms with Gasteiger partial charge in [-0.25, -0.2) is 9.67 Å². The van der Waals surface area contributed by atoms with Gasteiger partial charge in [0, 0.05) is 12.4 Å². The van der Waals surface area contributed by atoms with Crippen molar-refractivity contribution in [2.75, 3.05) is 7.11 Å². The summed E-state index contributed by atoms with van der Waals surface area (Å²) in [6, 6.07) is 9.92. The SMILES string of the molecule is COc1ccc(O)c(C(=O)c2cnn(-c3ccccn3)c2)c1. The summed E-state index contributed by atoms with van der Waals surface area (Å²) in [7, 11) is 1.50. The van der Waals surface area contributed by atoms with Crippen LogP contribution in [0.2, 0.25) is 0 Å². The van der Waals surface area contributed by atoms with Crippen molar-refractivity contribution >= 4 is 5.78 Å². The van der Waals surface area contributed by atoms with Crippen LogP contribution in [0.5, 0.6) is 11.5 Å². The summed E-state index contributed by atoms with van der Waals surface area (Å²) < 4.78 is 6.58. The van der Waals surface area contributed by atoms with Crippen molar-refractivity contribution in [1.82, 2.24) is 14.8 Å². The van der Waals surface area contributed by atoms with Gasteiger partial charge >= 0.3 is 0 Å². The number of ether oxygens (including phenoxy) is 1. The van der Waals surface area contributed by atoms with Gasteiger partial charge in [0.15, 0.2) is 11.6 Å². The maximum Gasteiger partial charge on any atom is 0.200 e. The molecule has 6 heteroatoms. The molecule has 0 spiro atoms. The van der Waals surface area contributed by atoms with Crippen LogP contribution in [0.25, 0.3) is 5.82 Å².